The molecule has 7 rings (SSSR count). The Balaban J connectivity index is 0.00000135. The highest BCUT2D eigenvalue weighted by atomic mass is 16.8. The molecular formula is C29H36O10. The van der Waals surface area contributed by atoms with E-state index in [0.29, 0.717) is 6.42 Å². The Morgan fingerprint density at radius 1 is 1.03 bits per heavy atom. The minimum Gasteiger partial charge on any atom is -0.459 e. The summed E-state index contributed by atoms with van der Waals surface area (Å²) in [4.78, 5) is 39.9. The third-order valence-electron chi connectivity index (χ3n) is 10.2. The van der Waals surface area contributed by atoms with Crippen molar-refractivity contribution in [3.63, 3.8) is 0 Å². The molecule has 39 heavy (non-hydrogen) atoms. The van der Waals surface area contributed by atoms with Gasteiger partial charge in [-0.1, -0.05) is 65.0 Å². The maximum absolute atomic E-state index is 13.8. The standard InChI is InChI=1S/C27H30O10.C2H6/c1-12-19(29)35-17-16(28)25-15-10-14(23(2,3)4)24(25)18(33-11-13-8-6-5-7-9-13)20(30)36-22(24)37-27(25,21(31)34-15)26(12,17)32;1-2/h5-9,12,14-18,22,28,32H,10-11H2,1-4H3;1-2H3/t12-,14+,15?,16+,17+,18?,22?,24?,25?,26-,27+;/m1./s1. The van der Waals surface area contributed by atoms with Gasteiger partial charge in [0.05, 0.1) is 23.4 Å². The van der Waals surface area contributed by atoms with E-state index in [0.717, 1.165) is 5.56 Å². The number of carbonyl (C=O) groups excluding carboxylic acids is 3. The highest BCUT2D eigenvalue weighted by Gasteiger charge is 3.04. The normalized spacial score (nSPS) is 48.4. The molecule has 2 spiro atoms. The number of hydrogen-bond donors (Lipinski definition) is 2. The first-order valence-electron chi connectivity index (χ1n) is 13.8. The lowest BCUT2D eigenvalue weighted by atomic mass is 9.51. The van der Waals surface area contributed by atoms with Crippen LogP contribution in [0.15, 0.2) is 30.3 Å². The highest BCUT2D eigenvalue weighted by Crippen LogP contribution is 2.84. The second kappa shape index (κ2) is 8.02. The van der Waals surface area contributed by atoms with Crippen LogP contribution in [0.3, 0.4) is 0 Å². The molecule has 0 amide bonds. The number of benzene rings is 1. The minimum atomic E-state index is -2.23. The molecule has 4 saturated heterocycles. The van der Waals surface area contributed by atoms with Crippen LogP contribution in [0.4, 0.5) is 0 Å². The lowest BCUT2D eigenvalue weighted by Crippen LogP contribution is -2.67. The number of ether oxygens (including phenoxy) is 5. The van der Waals surface area contributed by atoms with E-state index in [4.69, 9.17) is 23.7 Å². The number of rotatable bonds is 3. The van der Waals surface area contributed by atoms with E-state index in [-0.39, 0.29) is 12.5 Å². The highest BCUT2D eigenvalue weighted by molar-refractivity contribution is 5.94. The molecule has 10 heteroatoms. The molecule has 10 nitrogen and oxygen atoms in total. The van der Waals surface area contributed by atoms with Gasteiger partial charge in [-0.15, -0.1) is 0 Å². The van der Waals surface area contributed by atoms with Crippen LogP contribution in [-0.2, 0) is 44.7 Å². The van der Waals surface area contributed by atoms with Gasteiger partial charge in [0.2, 0.25) is 11.9 Å². The molecular weight excluding hydrogens is 508 g/mol. The molecule has 0 bridgehead atoms. The van der Waals surface area contributed by atoms with Crippen molar-refractivity contribution in [3.05, 3.63) is 35.9 Å². The Kier molecular flexibility index (Phi) is 5.49. The Bertz CT molecular complexity index is 1230. The first-order valence-corrected chi connectivity index (χ1v) is 13.8. The molecule has 6 fully saturated rings. The summed E-state index contributed by atoms with van der Waals surface area (Å²) in [7, 11) is 0. The summed E-state index contributed by atoms with van der Waals surface area (Å²) >= 11 is 0. The third-order valence-corrected chi connectivity index (χ3v) is 10.2. The fourth-order valence-electron chi connectivity index (χ4n) is 9.05. The Morgan fingerprint density at radius 3 is 2.33 bits per heavy atom. The number of aliphatic hydroxyl groups is 2. The number of esters is 3. The predicted octanol–water partition coefficient (Wildman–Crippen LogP) is 1.88. The van der Waals surface area contributed by atoms with Crippen molar-refractivity contribution in [3.8, 4) is 0 Å². The van der Waals surface area contributed by atoms with Gasteiger partial charge in [0.15, 0.2) is 17.8 Å². The first-order chi connectivity index (χ1) is 18.4. The van der Waals surface area contributed by atoms with Gasteiger partial charge in [-0.05, 0) is 30.2 Å². The van der Waals surface area contributed by atoms with Gasteiger partial charge in [-0.25, -0.2) is 9.59 Å². The van der Waals surface area contributed by atoms with Crippen molar-refractivity contribution in [1.29, 1.82) is 0 Å². The molecule has 2 N–H and O–H groups in total. The van der Waals surface area contributed by atoms with E-state index in [1.165, 1.54) is 6.92 Å². The van der Waals surface area contributed by atoms with Gasteiger partial charge in [-0.2, -0.15) is 0 Å². The smallest absolute Gasteiger partial charge is 0.343 e. The molecule has 2 saturated carbocycles. The zero-order valence-electron chi connectivity index (χ0n) is 23.0. The molecule has 1 aromatic rings. The van der Waals surface area contributed by atoms with Crippen molar-refractivity contribution in [2.45, 2.75) is 96.5 Å². The van der Waals surface area contributed by atoms with Crippen molar-refractivity contribution in [2.75, 3.05) is 0 Å². The van der Waals surface area contributed by atoms with Crippen LogP contribution in [0.2, 0.25) is 0 Å². The van der Waals surface area contributed by atoms with E-state index < -0.39 is 82.0 Å². The van der Waals surface area contributed by atoms with E-state index >= 15 is 0 Å². The molecule has 2 aliphatic carbocycles. The molecule has 212 valence electrons. The van der Waals surface area contributed by atoms with E-state index in [1.54, 1.807) is 0 Å². The largest absolute Gasteiger partial charge is 0.459 e. The zero-order valence-corrected chi connectivity index (χ0v) is 23.0. The van der Waals surface area contributed by atoms with Crippen LogP contribution in [-0.4, -0.2) is 70.0 Å². The van der Waals surface area contributed by atoms with Gasteiger partial charge >= 0.3 is 17.9 Å². The molecule has 4 heterocycles. The Hall–Kier alpha value is -2.53. The summed E-state index contributed by atoms with van der Waals surface area (Å²) in [6, 6.07) is 9.31. The lowest BCUT2D eigenvalue weighted by molar-refractivity contribution is -0.240. The van der Waals surface area contributed by atoms with E-state index in [9.17, 15) is 24.6 Å². The summed E-state index contributed by atoms with van der Waals surface area (Å²) in [5.41, 5.74) is -7.12. The average Bonchev–Trinajstić information content (AvgIpc) is 3.61. The quantitative estimate of drug-likeness (QED) is 0.429. The fraction of sp³-hybridized carbons (Fsp3) is 0.690. The van der Waals surface area contributed by atoms with Crippen LogP contribution in [0.1, 0.15) is 53.5 Å². The maximum Gasteiger partial charge on any atom is 0.343 e. The molecule has 4 aliphatic heterocycles. The van der Waals surface area contributed by atoms with E-state index in [1.807, 2.05) is 65.0 Å². The number of aliphatic hydroxyl groups excluding tert-OH is 1. The van der Waals surface area contributed by atoms with Gasteiger partial charge in [0.25, 0.3) is 0 Å². The topological polar surface area (TPSA) is 138 Å². The monoisotopic (exact) mass is 544 g/mol. The van der Waals surface area contributed by atoms with Crippen LogP contribution >= 0.6 is 0 Å². The third kappa shape index (κ3) is 2.56. The van der Waals surface area contributed by atoms with Crippen LogP contribution in [0, 0.1) is 28.1 Å². The number of hydrogen-bond acceptors (Lipinski definition) is 10. The molecule has 0 aromatic heterocycles. The summed E-state index contributed by atoms with van der Waals surface area (Å²) in [6.07, 6.45) is -6.16. The summed E-state index contributed by atoms with van der Waals surface area (Å²) in [5, 5.41) is 24.3. The molecule has 6 aliphatic rings. The second-order valence-electron chi connectivity index (χ2n) is 12.4. The summed E-state index contributed by atoms with van der Waals surface area (Å²) in [6.45, 7) is 11.5. The van der Waals surface area contributed by atoms with Gasteiger partial charge in [0.1, 0.15) is 12.2 Å². The number of carbonyl (C=O) groups is 3. The zero-order chi connectivity index (χ0) is 28.3. The van der Waals surface area contributed by atoms with Crippen LogP contribution < -0.4 is 0 Å². The maximum atomic E-state index is 13.8. The Labute approximate surface area is 226 Å². The molecule has 5 unspecified atom stereocenters. The van der Waals surface area contributed by atoms with E-state index in [2.05, 4.69) is 0 Å². The minimum absolute atomic E-state index is 0.0731. The molecule has 1 aromatic carbocycles. The summed E-state index contributed by atoms with van der Waals surface area (Å²) < 4.78 is 29.9. The van der Waals surface area contributed by atoms with Crippen molar-refractivity contribution in [2.24, 2.45) is 28.1 Å². The SMILES string of the molecule is CC.C[C@@H]1C(=O)O[C@H]2[C@H](O)C34C5C[C@@H](C(C)(C)C)C36C(OC(=O)C6OCc3ccccc3)O[C@]4(C(=O)O5)[C@@]12O. The van der Waals surface area contributed by atoms with Crippen LogP contribution in [0.5, 0.6) is 0 Å². The molecule has 0 radical (unpaired) electrons. The fourth-order valence-corrected chi connectivity index (χ4v) is 9.05. The van der Waals surface area contributed by atoms with Crippen LogP contribution in [0.25, 0.3) is 0 Å². The van der Waals surface area contributed by atoms with Crippen molar-refractivity contribution < 1.29 is 48.3 Å². The van der Waals surface area contributed by atoms with Gasteiger partial charge in [0, 0.05) is 0 Å². The molecule has 11 atom stereocenters. The van der Waals surface area contributed by atoms with Crippen molar-refractivity contribution in [1.82, 2.24) is 0 Å². The van der Waals surface area contributed by atoms with Gasteiger partial charge < -0.3 is 33.9 Å². The van der Waals surface area contributed by atoms with Crippen molar-refractivity contribution >= 4 is 17.9 Å². The average molecular weight is 545 g/mol. The predicted molar refractivity (Wildman–Crippen MR) is 132 cm³/mol. The Morgan fingerprint density at radius 2 is 1.69 bits per heavy atom. The summed E-state index contributed by atoms with van der Waals surface area (Å²) in [5.74, 6) is -3.88. The van der Waals surface area contributed by atoms with Gasteiger partial charge in [-0.3, -0.25) is 4.79 Å². The lowest BCUT2D eigenvalue weighted by Gasteiger charge is -2.48. The second-order valence-corrected chi connectivity index (χ2v) is 12.4. The first kappa shape index (κ1) is 26.7. The number of fused-ring (bicyclic) bond motifs is 1.